The van der Waals surface area contributed by atoms with Crippen molar-refractivity contribution in [2.24, 2.45) is 0 Å². The predicted octanol–water partition coefficient (Wildman–Crippen LogP) is 3.14. The van der Waals surface area contributed by atoms with E-state index in [9.17, 15) is 0 Å². The van der Waals surface area contributed by atoms with Gasteiger partial charge in [0.25, 0.3) is 0 Å². The average molecular weight is 250 g/mol. The summed E-state index contributed by atoms with van der Waals surface area (Å²) in [6, 6.07) is 15.4. The number of anilines is 4. The summed E-state index contributed by atoms with van der Waals surface area (Å²) >= 11 is 0. The topological polar surface area (TPSA) is 77.0 Å². The van der Waals surface area contributed by atoms with Crippen LogP contribution in [0, 0.1) is 0 Å². The minimum absolute atomic E-state index is 0.573. The second kappa shape index (κ2) is 4.49. The van der Waals surface area contributed by atoms with Crippen molar-refractivity contribution in [3.8, 4) is 0 Å². The van der Waals surface area contributed by atoms with Crippen LogP contribution in [0.3, 0.4) is 0 Å². The van der Waals surface area contributed by atoms with Gasteiger partial charge in [0.15, 0.2) is 0 Å². The van der Waals surface area contributed by atoms with Crippen molar-refractivity contribution >= 4 is 33.7 Å². The standard InChI is InChI=1S/C15H14N4/c16-12-7-6-10(9-13(12)17)19-15-5-1-4-14-11(15)3-2-8-18-14/h1-9,19H,16-17H2. The SMILES string of the molecule is Nc1ccc(Nc2cccc3ncccc23)cc1N. The number of hydrogen-bond donors (Lipinski definition) is 3. The molecule has 0 aliphatic heterocycles. The third-order valence-corrected chi connectivity index (χ3v) is 3.01. The summed E-state index contributed by atoms with van der Waals surface area (Å²) in [5, 5.41) is 4.41. The highest BCUT2D eigenvalue weighted by Crippen LogP contribution is 2.27. The highest BCUT2D eigenvalue weighted by Gasteiger charge is 2.02. The molecule has 0 fully saturated rings. The number of pyridine rings is 1. The third kappa shape index (κ3) is 2.15. The molecule has 0 aliphatic carbocycles. The van der Waals surface area contributed by atoms with Crippen molar-refractivity contribution in [2.45, 2.75) is 0 Å². The lowest BCUT2D eigenvalue weighted by molar-refractivity contribution is 1.41. The quantitative estimate of drug-likeness (QED) is 0.611. The zero-order valence-electron chi connectivity index (χ0n) is 10.3. The number of nitrogens with two attached hydrogens (primary N) is 2. The van der Waals surface area contributed by atoms with E-state index in [1.54, 1.807) is 12.3 Å². The van der Waals surface area contributed by atoms with Gasteiger partial charge in [-0.2, -0.15) is 0 Å². The summed E-state index contributed by atoms with van der Waals surface area (Å²) < 4.78 is 0. The molecular formula is C15H14N4. The summed E-state index contributed by atoms with van der Waals surface area (Å²) in [5.41, 5.74) is 15.5. The average Bonchev–Trinajstić information content (AvgIpc) is 2.43. The van der Waals surface area contributed by atoms with Crippen LogP contribution >= 0.6 is 0 Å². The Balaban J connectivity index is 2.03. The number of nitrogen functional groups attached to an aromatic ring is 2. The number of fused-ring (bicyclic) bond motifs is 1. The van der Waals surface area contributed by atoms with Crippen molar-refractivity contribution in [2.75, 3.05) is 16.8 Å². The number of benzene rings is 2. The summed E-state index contributed by atoms with van der Waals surface area (Å²) in [7, 11) is 0. The Labute approximate surface area is 111 Å². The second-order valence-corrected chi connectivity index (χ2v) is 4.34. The van der Waals surface area contributed by atoms with Crippen LogP contribution in [0.2, 0.25) is 0 Å². The number of nitrogens with zero attached hydrogens (tertiary/aromatic N) is 1. The molecule has 0 saturated carbocycles. The maximum absolute atomic E-state index is 5.81. The minimum atomic E-state index is 0.573. The van der Waals surface area contributed by atoms with E-state index in [1.165, 1.54) is 0 Å². The number of rotatable bonds is 2. The molecule has 0 unspecified atom stereocenters. The fourth-order valence-electron chi connectivity index (χ4n) is 2.02. The molecule has 0 saturated heterocycles. The lowest BCUT2D eigenvalue weighted by Crippen LogP contribution is -1.97. The smallest absolute Gasteiger partial charge is 0.0722 e. The fraction of sp³-hybridized carbons (Fsp3) is 0. The molecule has 0 aliphatic rings. The molecule has 0 amide bonds. The summed E-state index contributed by atoms with van der Waals surface area (Å²) in [6.07, 6.45) is 1.79. The van der Waals surface area contributed by atoms with Gasteiger partial charge >= 0.3 is 0 Å². The molecular weight excluding hydrogens is 236 g/mol. The Kier molecular flexibility index (Phi) is 2.68. The molecule has 0 atom stereocenters. The predicted molar refractivity (Wildman–Crippen MR) is 80.3 cm³/mol. The monoisotopic (exact) mass is 250 g/mol. The second-order valence-electron chi connectivity index (χ2n) is 4.34. The molecule has 0 bridgehead atoms. The Morgan fingerprint density at radius 3 is 2.63 bits per heavy atom. The summed E-state index contributed by atoms with van der Waals surface area (Å²) in [5.74, 6) is 0. The van der Waals surface area contributed by atoms with Crippen molar-refractivity contribution in [1.29, 1.82) is 0 Å². The van der Waals surface area contributed by atoms with Gasteiger partial charge < -0.3 is 16.8 Å². The van der Waals surface area contributed by atoms with Crippen LogP contribution in [0.5, 0.6) is 0 Å². The molecule has 0 spiro atoms. The van der Waals surface area contributed by atoms with Gasteiger partial charge in [-0.1, -0.05) is 6.07 Å². The maximum atomic E-state index is 5.81. The number of nitrogens with one attached hydrogen (secondary N) is 1. The van der Waals surface area contributed by atoms with E-state index in [1.807, 2.05) is 42.5 Å². The van der Waals surface area contributed by atoms with Crippen LogP contribution in [-0.2, 0) is 0 Å². The van der Waals surface area contributed by atoms with Gasteiger partial charge in [0.05, 0.1) is 16.9 Å². The minimum Gasteiger partial charge on any atom is -0.397 e. The fourth-order valence-corrected chi connectivity index (χ4v) is 2.02. The highest BCUT2D eigenvalue weighted by molar-refractivity contribution is 5.93. The first-order valence-corrected chi connectivity index (χ1v) is 6.00. The zero-order valence-corrected chi connectivity index (χ0v) is 10.3. The van der Waals surface area contributed by atoms with E-state index in [-0.39, 0.29) is 0 Å². The highest BCUT2D eigenvalue weighted by atomic mass is 14.9. The molecule has 3 rings (SSSR count). The van der Waals surface area contributed by atoms with Gasteiger partial charge in [0.1, 0.15) is 0 Å². The summed E-state index contributed by atoms with van der Waals surface area (Å²) in [6.45, 7) is 0. The van der Waals surface area contributed by atoms with Crippen molar-refractivity contribution in [3.05, 3.63) is 54.7 Å². The molecule has 94 valence electrons. The van der Waals surface area contributed by atoms with Crippen molar-refractivity contribution in [3.63, 3.8) is 0 Å². The van der Waals surface area contributed by atoms with Crippen molar-refractivity contribution < 1.29 is 0 Å². The van der Waals surface area contributed by atoms with Crippen LogP contribution in [0.4, 0.5) is 22.7 Å². The Bertz CT molecular complexity index is 732. The molecule has 1 heterocycles. The molecule has 4 nitrogen and oxygen atoms in total. The van der Waals surface area contributed by atoms with E-state index in [0.29, 0.717) is 11.4 Å². The van der Waals surface area contributed by atoms with E-state index in [0.717, 1.165) is 22.3 Å². The first-order valence-electron chi connectivity index (χ1n) is 6.00. The Morgan fingerprint density at radius 2 is 1.79 bits per heavy atom. The molecule has 5 N–H and O–H groups in total. The van der Waals surface area contributed by atoms with Crippen LogP contribution in [0.15, 0.2) is 54.7 Å². The Hall–Kier alpha value is -2.75. The molecule has 3 aromatic rings. The van der Waals surface area contributed by atoms with Crippen LogP contribution in [-0.4, -0.2) is 4.98 Å². The number of aromatic nitrogens is 1. The lowest BCUT2D eigenvalue weighted by atomic mass is 10.1. The van der Waals surface area contributed by atoms with E-state index >= 15 is 0 Å². The molecule has 2 aromatic carbocycles. The molecule has 1 aromatic heterocycles. The number of hydrogen-bond acceptors (Lipinski definition) is 4. The first-order chi connectivity index (χ1) is 9.24. The van der Waals surface area contributed by atoms with Gasteiger partial charge in [-0.15, -0.1) is 0 Å². The van der Waals surface area contributed by atoms with E-state index < -0.39 is 0 Å². The normalized spacial score (nSPS) is 10.5. The van der Waals surface area contributed by atoms with Gasteiger partial charge in [-0.25, -0.2) is 0 Å². The van der Waals surface area contributed by atoms with Gasteiger partial charge in [0.2, 0.25) is 0 Å². The zero-order chi connectivity index (χ0) is 13.2. The van der Waals surface area contributed by atoms with Crippen LogP contribution in [0.1, 0.15) is 0 Å². The molecule has 19 heavy (non-hydrogen) atoms. The van der Waals surface area contributed by atoms with Gasteiger partial charge in [0, 0.05) is 23.0 Å². The van der Waals surface area contributed by atoms with Crippen molar-refractivity contribution in [1.82, 2.24) is 4.98 Å². The van der Waals surface area contributed by atoms with Gasteiger partial charge in [-0.05, 0) is 42.5 Å². The van der Waals surface area contributed by atoms with Crippen LogP contribution in [0.25, 0.3) is 10.9 Å². The first kappa shape index (κ1) is 11.3. The van der Waals surface area contributed by atoms with Crippen LogP contribution < -0.4 is 16.8 Å². The third-order valence-electron chi connectivity index (χ3n) is 3.01. The molecule has 4 heteroatoms. The lowest BCUT2D eigenvalue weighted by Gasteiger charge is -2.10. The van der Waals surface area contributed by atoms with Gasteiger partial charge in [-0.3, -0.25) is 4.98 Å². The Morgan fingerprint density at radius 1 is 0.895 bits per heavy atom. The molecule has 0 radical (unpaired) electrons. The van der Waals surface area contributed by atoms with E-state index in [4.69, 9.17) is 11.5 Å². The summed E-state index contributed by atoms with van der Waals surface area (Å²) in [4.78, 5) is 4.33. The maximum Gasteiger partial charge on any atom is 0.0722 e. The largest absolute Gasteiger partial charge is 0.397 e. The van der Waals surface area contributed by atoms with E-state index in [2.05, 4.69) is 10.3 Å².